The molecule has 0 unspecified atom stereocenters. The van der Waals surface area contributed by atoms with E-state index in [1.807, 2.05) is 0 Å². The van der Waals surface area contributed by atoms with Crippen LogP contribution in [0.5, 0.6) is 0 Å². The summed E-state index contributed by atoms with van der Waals surface area (Å²) >= 11 is 0. The number of methoxy groups -OCH3 is 1. The van der Waals surface area contributed by atoms with E-state index in [2.05, 4.69) is 4.72 Å². The van der Waals surface area contributed by atoms with Crippen molar-refractivity contribution in [1.82, 2.24) is 9.03 Å². The number of nitrogens with one attached hydrogen (secondary N) is 1. The molecule has 7 nitrogen and oxygen atoms in total. The van der Waals surface area contributed by atoms with Crippen LogP contribution in [0.15, 0.2) is 0 Å². The lowest BCUT2D eigenvalue weighted by atomic mass is 9.92. The van der Waals surface area contributed by atoms with Crippen LogP contribution >= 0.6 is 0 Å². The van der Waals surface area contributed by atoms with Gasteiger partial charge in [-0.2, -0.15) is 12.7 Å². The molecule has 1 saturated heterocycles. The Morgan fingerprint density at radius 3 is 2.30 bits per heavy atom. The van der Waals surface area contributed by atoms with Gasteiger partial charge < -0.3 is 10.5 Å². The highest BCUT2D eigenvalue weighted by atomic mass is 32.2. The van der Waals surface area contributed by atoms with E-state index in [4.69, 9.17) is 10.5 Å². The van der Waals surface area contributed by atoms with E-state index in [-0.39, 0.29) is 18.4 Å². The van der Waals surface area contributed by atoms with E-state index < -0.39 is 15.7 Å². The first-order valence-electron chi connectivity index (χ1n) is 8.48. The van der Waals surface area contributed by atoms with E-state index in [9.17, 15) is 13.2 Å². The third-order valence-electron chi connectivity index (χ3n) is 5.03. The van der Waals surface area contributed by atoms with Crippen LogP contribution in [0.2, 0.25) is 0 Å². The standard InChI is InChI=1S/C15H29N3O4S/c1-22-14(19)13-6-10-18(11-7-13)23(20,21)17-12-15(16)8-4-2-3-5-9-15/h13,17H,2-12,16H2,1H3. The monoisotopic (exact) mass is 347 g/mol. The Balaban J connectivity index is 1.86. The van der Waals surface area contributed by atoms with Crippen LogP contribution in [0.3, 0.4) is 0 Å². The third kappa shape index (κ3) is 5.14. The van der Waals surface area contributed by atoms with Gasteiger partial charge in [-0.1, -0.05) is 25.7 Å². The minimum Gasteiger partial charge on any atom is -0.469 e. The lowest BCUT2D eigenvalue weighted by molar-refractivity contribution is -0.146. The Morgan fingerprint density at radius 1 is 1.22 bits per heavy atom. The summed E-state index contributed by atoms with van der Waals surface area (Å²) in [5.41, 5.74) is 5.93. The number of hydrogen-bond acceptors (Lipinski definition) is 5. The molecule has 0 spiro atoms. The molecule has 1 aliphatic heterocycles. The van der Waals surface area contributed by atoms with Crippen LogP contribution in [-0.2, 0) is 19.7 Å². The topological polar surface area (TPSA) is 102 Å². The summed E-state index contributed by atoms with van der Waals surface area (Å²) in [5, 5.41) is 0. The summed E-state index contributed by atoms with van der Waals surface area (Å²) in [6, 6.07) is 0. The number of ether oxygens (including phenoxy) is 1. The molecule has 1 heterocycles. The number of carbonyl (C=O) groups is 1. The normalized spacial score (nSPS) is 24.1. The summed E-state index contributed by atoms with van der Waals surface area (Å²) < 4.78 is 33.7. The van der Waals surface area contributed by atoms with Gasteiger partial charge in [0.2, 0.25) is 0 Å². The van der Waals surface area contributed by atoms with E-state index in [1.54, 1.807) is 0 Å². The average molecular weight is 347 g/mol. The van der Waals surface area contributed by atoms with E-state index in [1.165, 1.54) is 24.3 Å². The Labute approximate surface area is 139 Å². The molecule has 3 N–H and O–H groups in total. The highest BCUT2D eigenvalue weighted by Gasteiger charge is 2.33. The summed E-state index contributed by atoms with van der Waals surface area (Å²) in [5.74, 6) is -0.455. The van der Waals surface area contributed by atoms with Gasteiger partial charge in [-0.25, -0.2) is 4.72 Å². The minimum atomic E-state index is -3.54. The van der Waals surface area contributed by atoms with Crippen molar-refractivity contribution in [1.29, 1.82) is 0 Å². The number of carbonyl (C=O) groups excluding carboxylic acids is 1. The second-order valence-electron chi connectivity index (χ2n) is 6.80. The fourth-order valence-electron chi connectivity index (χ4n) is 3.43. The Kier molecular flexibility index (Phi) is 6.41. The summed E-state index contributed by atoms with van der Waals surface area (Å²) in [6.07, 6.45) is 7.19. The van der Waals surface area contributed by atoms with Crippen molar-refractivity contribution in [2.24, 2.45) is 11.7 Å². The quantitative estimate of drug-likeness (QED) is 0.565. The lowest BCUT2D eigenvalue weighted by Crippen LogP contribution is -2.53. The van der Waals surface area contributed by atoms with Crippen LogP contribution in [-0.4, -0.2) is 51.0 Å². The predicted octanol–water partition coefficient (Wildman–Crippen LogP) is 0.758. The number of esters is 1. The fourth-order valence-corrected chi connectivity index (χ4v) is 4.78. The number of nitrogens with two attached hydrogens (primary N) is 1. The van der Waals surface area contributed by atoms with Crippen LogP contribution in [0.25, 0.3) is 0 Å². The molecule has 0 atom stereocenters. The van der Waals surface area contributed by atoms with Crippen molar-refractivity contribution in [3.05, 3.63) is 0 Å². The van der Waals surface area contributed by atoms with Crippen LogP contribution < -0.4 is 10.5 Å². The molecule has 0 amide bonds. The highest BCUT2D eigenvalue weighted by Crippen LogP contribution is 2.25. The van der Waals surface area contributed by atoms with Crippen molar-refractivity contribution in [3.8, 4) is 0 Å². The van der Waals surface area contributed by atoms with Gasteiger partial charge in [0, 0.05) is 25.2 Å². The number of piperidine rings is 1. The smallest absolute Gasteiger partial charge is 0.308 e. The van der Waals surface area contributed by atoms with Gasteiger partial charge in [0.15, 0.2) is 0 Å². The van der Waals surface area contributed by atoms with Crippen LogP contribution in [0.1, 0.15) is 51.4 Å². The minimum absolute atomic E-state index is 0.200. The van der Waals surface area contributed by atoms with Gasteiger partial charge in [-0.15, -0.1) is 0 Å². The van der Waals surface area contributed by atoms with Crippen molar-refractivity contribution >= 4 is 16.2 Å². The third-order valence-corrected chi connectivity index (χ3v) is 6.59. The van der Waals surface area contributed by atoms with Crippen molar-refractivity contribution in [2.75, 3.05) is 26.7 Å². The second-order valence-corrected chi connectivity index (χ2v) is 8.55. The molecule has 1 saturated carbocycles. The van der Waals surface area contributed by atoms with Crippen molar-refractivity contribution < 1.29 is 17.9 Å². The van der Waals surface area contributed by atoms with Gasteiger partial charge in [-0.05, 0) is 25.7 Å². The fraction of sp³-hybridized carbons (Fsp3) is 0.933. The van der Waals surface area contributed by atoms with Crippen LogP contribution in [0, 0.1) is 5.92 Å². The molecular weight excluding hydrogens is 318 g/mol. The summed E-state index contributed by atoms with van der Waals surface area (Å²) in [7, 11) is -2.18. The van der Waals surface area contributed by atoms with Gasteiger partial charge >= 0.3 is 5.97 Å². The predicted molar refractivity (Wildman–Crippen MR) is 87.9 cm³/mol. The zero-order chi connectivity index (χ0) is 16.9. The molecule has 1 aliphatic carbocycles. The van der Waals surface area contributed by atoms with Gasteiger partial charge in [0.1, 0.15) is 0 Å². The Morgan fingerprint density at radius 2 is 1.78 bits per heavy atom. The van der Waals surface area contributed by atoms with E-state index in [0.717, 1.165) is 25.7 Å². The number of rotatable bonds is 5. The first kappa shape index (κ1) is 18.6. The number of hydrogen-bond donors (Lipinski definition) is 2. The zero-order valence-electron chi connectivity index (χ0n) is 13.9. The zero-order valence-corrected chi connectivity index (χ0v) is 14.7. The first-order valence-corrected chi connectivity index (χ1v) is 9.92. The summed E-state index contributed by atoms with van der Waals surface area (Å²) in [4.78, 5) is 11.5. The Hall–Kier alpha value is -0.700. The molecule has 0 radical (unpaired) electrons. The molecule has 2 aliphatic rings. The maximum Gasteiger partial charge on any atom is 0.308 e. The Bertz CT molecular complexity index is 493. The first-order chi connectivity index (χ1) is 10.9. The van der Waals surface area contributed by atoms with Gasteiger partial charge in [0.05, 0.1) is 13.0 Å². The molecule has 134 valence electrons. The molecule has 23 heavy (non-hydrogen) atoms. The maximum atomic E-state index is 12.4. The highest BCUT2D eigenvalue weighted by molar-refractivity contribution is 7.87. The van der Waals surface area contributed by atoms with Crippen molar-refractivity contribution in [2.45, 2.75) is 56.9 Å². The molecule has 0 bridgehead atoms. The molecule has 2 fully saturated rings. The largest absolute Gasteiger partial charge is 0.469 e. The average Bonchev–Trinajstić information content (AvgIpc) is 2.78. The lowest BCUT2D eigenvalue weighted by Gasteiger charge is -2.32. The molecule has 2 rings (SSSR count). The molecule has 8 heteroatoms. The van der Waals surface area contributed by atoms with Crippen molar-refractivity contribution in [3.63, 3.8) is 0 Å². The molecule has 0 aromatic carbocycles. The SMILES string of the molecule is COC(=O)C1CCN(S(=O)(=O)NCC2(N)CCCCCC2)CC1. The van der Waals surface area contributed by atoms with E-state index >= 15 is 0 Å². The van der Waals surface area contributed by atoms with E-state index in [0.29, 0.717) is 25.9 Å². The summed E-state index contributed by atoms with van der Waals surface area (Å²) in [6.45, 7) is 0.964. The molecule has 0 aromatic rings. The van der Waals surface area contributed by atoms with Gasteiger partial charge in [0.25, 0.3) is 10.2 Å². The van der Waals surface area contributed by atoms with Crippen LogP contribution in [0.4, 0.5) is 0 Å². The maximum absolute atomic E-state index is 12.4. The van der Waals surface area contributed by atoms with Gasteiger partial charge in [-0.3, -0.25) is 4.79 Å². The molecule has 0 aromatic heterocycles. The number of nitrogens with zero attached hydrogens (tertiary/aromatic N) is 1. The second kappa shape index (κ2) is 7.92. The molecular formula is C15H29N3O4S.